The number of hydrogen-bond acceptors (Lipinski definition) is 5. The largest absolute Gasteiger partial charge is 0.384 e. The predicted molar refractivity (Wildman–Crippen MR) is 67.2 cm³/mol. The van der Waals surface area contributed by atoms with E-state index >= 15 is 0 Å². The monoisotopic (exact) mass is 262 g/mol. The summed E-state index contributed by atoms with van der Waals surface area (Å²) in [4.78, 5) is 16.4. The van der Waals surface area contributed by atoms with Gasteiger partial charge in [-0.25, -0.2) is 4.98 Å². The highest BCUT2D eigenvalue weighted by atomic mass is 32.1. The Bertz CT molecular complexity index is 620. The molecule has 6 nitrogen and oxygen atoms in total. The highest BCUT2D eigenvalue weighted by Crippen LogP contribution is 2.17. The summed E-state index contributed by atoms with van der Waals surface area (Å²) in [6.45, 7) is -0.201. The second kappa shape index (κ2) is 5.44. The predicted octanol–water partition coefficient (Wildman–Crippen LogP) is 0.473. The molecule has 0 atom stereocenters. The molecule has 2 rings (SSSR count). The number of nitrogens with zero attached hydrogens (tertiary/aromatic N) is 3. The smallest absolute Gasteiger partial charge is 0.277 e. The van der Waals surface area contributed by atoms with E-state index in [2.05, 4.69) is 27.2 Å². The zero-order chi connectivity index (χ0) is 13.0. The Hall–Kier alpha value is -2.17. The molecule has 92 valence electrons. The third-order valence-electron chi connectivity index (χ3n) is 1.96. The number of carbonyl (C=O) groups is 1. The molecule has 0 fully saturated rings. The first-order valence-corrected chi connectivity index (χ1v) is 5.87. The van der Waals surface area contributed by atoms with Crippen molar-refractivity contribution in [1.29, 1.82) is 0 Å². The maximum absolute atomic E-state index is 11.8. The fraction of sp³-hybridized carbons (Fsp3) is 0.182. The molecule has 2 heterocycles. The van der Waals surface area contributed by atoms with Gasteiger partial charge in [-0.05, 0) is 6.07 Å². The van der Waals surface area contributed by atoms with Gasteiger partial charge in [-0.3, -0.25) is 14.8 Å². The molecule has 0 saturated carbocycles. The Morgan fingerprint density at radius 3 is 3.17 bits per heavy atom. The number of nitrogens with one attached hydrogen (secondary N) is 1. The van der Waals surface area contributed by atoms with Crippen LogP contribution in [0.3, 0.4) is 0 Å². The highest BCUT2D eigenvalue weighted by molar-refractivity contribution is 7.16. The number of rotatable bonds is 2. The lowest BCUT2D eigenvalue weighted by Crippen LogP contribution is -2.12. The highest BCUT2D eigenvalue weighted by Gasteiger charge is 2.10. The van der Waals surface area contributed by atoms with Gasteiger partial charge in [0.1, 0.15) is 6.61 Å². The number of thiazole rings is 1. The maximum atomic E-state index is 11.8. The van der Waals surface area contributed by atoms with Crippen LogP contribution in [0.15, 0.2) is 18.5 Å². The van der Waals surface area contributed by atoms with Crippen molar-refractivity contribution in [2.75, 3.05) is 11.9 Å². The van der Waals surface area contributed by atoms with Crippen molar-refractivity contribution < 1.29 is 9.90 Å². The number of aromatic nitrogens is 3. The van der Waals surface area contributed by atoms with Gasteiger partial charge in [-0.1, -0.05) is 23.2 Å². The standard InChI is InChI=1S/C11H10N4O2S/c1-15-5-4-9(14-15)10(17)13-11-12-7-8(18-11)3-2-6-16/h4-5,7,16H,6H2,1H3,(H,12,13,17). The first-order valence-electron chi connectivity index (χ1n) is 5.05. The lowest BCUT2D eigenvalue weighted by Gasteiger charge is -1.96. The molecule has 0 aromatic carbocycles. The van der Waals surface area contributed by atoms with Gasteiger partial charge in [0.2, 0.25) is 0 Å². The first kappa shape index (κ1) is 12.3. The van der Waals surface area contributed by atoms with E-state index in [4.69, 9.17) is 5.11 Å². The number of amides is 1. The van der Waals surface area contributed by atoms with E-state index in [0.717, 1.165) is 0 Å². The Morgan fingerprint density at radius 1 is 1.67 bits per heavy atom. The average Bonchev–Trinajstić information content (AvgIpc) is 2.96. The molecule has 0 aliphatic heterocycles. The Morgan fingerprint density at radius 2 is 2.50 bits per heavy atom. The van der Waals surface area contributed by atoms with E-state index in [9.17, 15) is 4.79 Å². The van der Waals surface area contributed by atoms with Crippen molar-refractivity contribution in [3.63, 3.8) is 0 Å². The minimum absolute atomic E-state index is 0.201. The summed E-state index contributed by atoms with van der Waals surface area (Å²) < 4.78 is 1.55. The van der Waals surface area contributed by atoms with E-state index in [0.29, 0.717) is 15.7 Å². The number of hydrogen-bond donors (Lipinski definition) is 2. The molecule has 0 spiro atoms. The average molecular weight is 262 g/mol. The molecule has 2 aromatic heterocycles. The summed E-state index contributed by atoms with van der Waals surface area (Å²) in [7, 11) is 1.74. The molecule has 2 N–H and O–H groups in total. The fourth-order valence-corrected chi connectivity index (χ4v) is 1.90. The zero-order valence-electron chi connectivity index (χ0n) is 9.54. The molecule has 0 bridgehead atoms. The topological polar surface area (TPSA) is 80.0 Å². The molecule has 2 aromatic rings. The van der Waals surface area contributed by atoms with Crippen LogP contribution in [0.2, 0.25) is 0 Å². The van der Waals surface area contributed by atoms with E-state index in [-0.39, 0.29) is 12.5 Å². The van der Waals surface area contributed by atoms with E-state index in [1.54, 1.807) is 30.2 Å². The van der Waals surface area contributed by atoms with Gasteiger partial charge in [0.15, 0.2) is 10.8 Å². The minimum Gasteiger partial charge on any atom is -0.384 e. The molecule has 0 aliphatic carbocycles. The first-order chi connectivity index (χ1) is 8.69. The van der Waals surface area contributed by atoms with Crippen LogP contribution < -0.4 is 5.32 Å². The van der Waals surface area contributed by atoms with Crippen molar-refractivity contribution in [3.8, 4) is 11.8 Å². The molecule has 7 heteroatoms. The van der Waals surface area contributed by atoms with Crippen LogP contribution in [0.5, 0.6) is 0 Å². The molecule has 1 amide bonds. The van der Waals surface area contributed by atoms with Crippen LogP contribution in [0.4, 0.5) is 5.13 Å². The normalized spacial score (nSPS) is 9.67. The molecular formula is C11H10N4O2S. The van der Waals surface area contributed by atoms with Crippen LogP contribution in [0, 0.1) is 11.8 Å². The van der Waals surface area contributed by atoms with E-state index in [1.165, 1.54) is 11.3 Å². The van der Waals surface area contributed by atoms with E-state index < -0.39 is 0 Å². The summed E-state index contributed by atoms with van der Waals surface area (Å²) in [5, 5.41) is 15.6. The van der Waals surface area contributed by atoms with Crippen LogP contribution in [-0.2, 0) is 7.05 Å². The number of aliphatic hydroxyl groups excluding tert-OH is 1. The molecule has 0 aliphatic rings. The molecule has 18 heavy (non-hydrogen) atoms. The van der Waals surface area contributed by atoms with Crippen molar-refractivity contribution >= 4 is 22.4 Å². The van der Waals surface area contributed by atoms with Gasteiger partial charge in [0, 0.05) is 13.2 Å². The summed E-state index contributed by atoms with van der Waals surface area (Å²) in [6.07, 6.45) is 3.23. The number of anilines is 1. The quantitative estimate of drug-likeness (QED) is 0.771. The Balaban J connectivity index is 2.05. The van der Waals surface area contributed by atoms with Crippen LogP contribution >= 0.6 is 11.3 Å². The van der Waals surface area contributed by atoms with Crippen molar-refractivity contribution in [1.82, 2.24) is 14.8 Å². The lowest BCUT2D eigenvalue weighted by molar-refractivity contribution is 0.102. The van der Waals surface area contributed by atoms with Gasteiger partial charge in [-0.15, -0.1) is 0 Å². The maximum Gasteiger partial charge on any atom is 0.277 e. The fourth-order valence-electron chi connectivity index (χ4n) is 1.21. The van der Waals surface area contributed by atoms with Gasteiger partial charge in [0.25, 0.3) is 5.91 Å². The Labute approximate surface area is 107 Å². The molecule has 0 radical (unpaired) electrons. The van der Waals surface area contributed by atoms with Gasteiger partial charge >= 0.3 is 0 Å². The van der Waals surface area contributed by atoms with Crippen molar-refractivity contribution in [2.24, 2.45) is 7.05 Å². The SMILES string of the molecule is Cn1ccc(C(=O)Nc2ncc(C#CCO)s2)n1. The van der Waals surface area contributed by atoms with Crippen molar-refractivity contribution in [2.45, 2.75) is 0 Å². The van der Waals surface area contributed by atoms with Crippen molar-refractivity contribution in [3.05, 3.63) is 29.0 Å². The number of carbonyl (C=O) groups excluding carboxylic acids is 1. The lowest BCUT2D eigenvalue weighted by atomic mass is 10.4. The third-order valence-corrected chi connectivity index (χ3v) is 2.79. The summed E-state index contributed by atoms with van der Waals surface area (Å²) in [5.41, 5.74) is 0.329. The summed E-state index contributed by atoms with van der Waals surface area (Å²) in [5.74, 6) is 4.92. The van der Waals surface area contributed by atoms with Gasteiger partial charge < -0.3 is 5.11 Å². The number of aliphatic hydroxyl groups is 1. The Kier molecular flexibility index (Phi) is 3.72. The van der Waals surface area contributed by atoms with Gasteiger partial charge in [0.05, 0.1) is 11.1 Å². The number of aryl methyl sites for hydroxylation is 1. The molecule has 0 unspecified atom stereocenters. The van der Waals surface area contributed by atoms with E-state index in [1.807, 2.05) is 0 Å². The second-order valence-corrected chi connectivity index (χ2v) is 4.35. The minimum atomic E-state index is -0.313. The van der Waals surface area contributed by atoms with Gasteiger partial charge in [-0.2, -0.15) is 5.10 Å². The molecule has 0 saturated heterocycles. The van der Waals surface area contributed by atoms with Crippen LogP contribution in [0.25, 0.3) is 0 Å². The van der Waals surface area contributed by atoms with Crippen LogP contribution in [-0.4, -0.2) is 32.4 Å². The zero-order valence-corrected chi connectivity index (χ0v) is 10.4. The third kappa shape index (κ3) is 2.94. The molecular weight excluding hydrogens is 252 g/mol. The second-order valence-electron chi connectivity index (χ2n) is 3.32. The van der Waals surface area contributed by atoms with Crippen LogP contribution in [0.1, 0.15) is 15.4 Å². The summed E-state index contributed by atoms with van der Waals surface area (Å²) >= 11 is 1.24. The summed E-state index contributed by atoms with van der Waals surface area (Å²) in [6, 6.07) is 1.62.